The number of thiocarbonyl (C=S) groups is 1. The molecule has 7 heteroatoms. The fourth-order valence-electron chi connectivity index (χ4n) is 1.49. The number of rotatable bonds is 5. The monoisotopic (exact) mass is 306 g/mol. The Hall–Kier alpha value is -1.34. The van der Waals surface area contributed by atoms with Crippen molar-refractivity contribution in [2.24, 2.45) is 5.73 Å². The molecule has 0 aliphatic carbocycles. The lowest BCUT2D eigenvalue weighted by Crippen LogP contribution is -2.32. The summed E-state index contributed by atoms with van der Waals surface area (Å²) in [6, 6.07) is 3.61. The Kier molecular flexibility index (Phi) is 4.99. The maximum Gasteiger partial charge on any atom is 0.417 e. The predicted octanol–water partition coefficient (Wildman–Crippen LogP) is 3.18. The smallest absolute Gasteiger partial charge is 0.389 e. The Morgan fingerprint density at radius 3 is 2.40 bits per heavy atom. The topological polar surface area (TPSA) is 47.3 Å². The first-order valence-electron chi connectivity index (χ1n) is 5.87. The molecule has 1 rings (SSSR count). The summed E-state index contributed by atoms with van der Waals surface area (Å²) in [5.74, 6) is 0. The molecule has 112 valence electrons. The van der Waals surface area contributed by atoms with Gasteiger partial charge in [0.15, 0.2) is 0 Å². The summed E-state index contributed by atoms with van der Waals surface area (Å²) in [5, 5.41) is 3.00. The van der Waals surface area contributed by atoms with Crippen LogP contribution in [0, 0.1) is 0 Å². The second-order valence-electron chi connectivity index (χ2n) is 4.94. The van der Waals surface area contributed by atoms with E-state index in [4.69, 9.17) is 10.5 Å². The maximum atomic E-state index is 12.8. The molecule has 0 amide bonds. The summed E-state index contributed by atoms with van der Waals surface area (Å²) < 4.78 is 43.7. The van der Waals surface area contributed by atoms with Gasteiger partial charge in [-0.25, -0.2) is 0 Å². The summed E-state index contributed by atoms with van der Waals surface area (Å²) in [7, 11) is 1.56. The Labute approximate surface area is 121 Å². The van der Waals surface area contributed by atoms with Crippen molar-refractivity contribution in [3.8, 4) is 0 Å². The van der Waals surface area contributed by atoms with Crippen LogP contribution in [-0.2, 0) is 10.9 Å². The number of nitrogens with two attached hydrogens (primary N) is 1. The molecule has 1 aromatic rings. The van der Waals surface area contributed by atoms with Crippen LogP contribution in [0.4, 0.5) is 18.9 Å². The number of alkyl halides is 3. The van der Waals surface area contributed by atoms with E-state index in [1.54, 1.807) is 7.11 Å². The fraction of sp³-hybridized carbons (Fsp3) is 0.462. The quantitative estimate of drug-likeness (QED) is 0.820. The van der Waals surface area contributed by atoms with E-state index in [2.05, 4.69) is 17.5 Å². The molecule has 0 saturated heterocycles. The molecule has 0 radical (unpaired) electrons. The van der Waals surface area contributed by atoms with E-state index in [1.807, 2.05) is 13.8 Å². The molecule has 20 heavy (non-hydrogen) atoms. The van der Waals surface area contributed by atoms with Gasteiger partial charge in [0, 0.05) is 24.9 Å². The van der Waals surface area contributed by atoms with Gasteiger partial charge in [-0.05, 0) is 32.0 Å². The van der Waals surface area contributed by atoms with Crippen LogP contribution < -0.4 is 11.1 Å². The lowest BCUT2D eigenvalue weighted by molar-refractivity contribution is -0.137. The Bertz CT molecular complexity index is 501. The lowest BCUT2D eigenvalue weighted by atomic mass is 10.1. The molecule has 0 saturated carbocycles. The Balaban J connectivity index is 3.03. The normalized spacial score (nSPS) is 12.3. The fourth-order valence-corrected chi connectivity index (χ4v) is 1.66. The molecular weight excluding hydrogens is 289 g/mol. The standard InChI is InChI=1S/C13H17F3N2OS/c1-12(2,19-3)7-18-8-4-5-10(13(14,15)16)9(6-8)11(17)20/h4-6,18H,7H2,1-3H3,(H2,17,20). The van der Waals surface area contributed by atoms with E-state index < -0.39 is 17.3 Å². The molecule has 0 heterocycles. The molecule has 0 fully saturated rings. The summed E-state index contributed by atoms with van der Waals surface area (Å²) in [4.78, 5) is -0.285. The van der Waals surface area contributed by atoms with Crippen molar-refractivity contribution in [3.05, 3.63) is 29.3 Å². The summed E-state index contributed by atoms with van der Waals surface area (Å²) in [6.07, 6.45) is -4.48. The highest BCUT2D eigenvalue weighted by atomic mass is 32.1. The van der Waals surface area contributed by atoms with Gasteiger partial charge in [-0.2, -0.15) is 13.2 Å². The van der Waals surface area contributed by atoms with Gasteiger partial charge in [0.25, 0.3) is 0 Å². The van der Waals surface area contributed by atoms with Crippen LogP contribution in [0.25, 0.3) is 0 Å². The molecule has 1 aromatic carbocycles. The zero-order chi connectivity index (χ0) is 15.6. The van der Waals surface area contributed by atoms with Crippen LogP contribution >= 0.6 is 12.2 Å². The molecule has 0 bridgehead atoms. The van der Waals surface area contributed by atoms with Crippen molar-refractivity contribution in [1.82, 2.24) is 0 Å². The highest BCUT2D eigenvalue weighted by Gasteiger charge is 2.34. The predicted molar refractivity (Wildman–Crippen MR) is 76.9 cm³/mol. The van der Waals surface area contributed by atoms with Crippen molar-refractivity contribution in [3.63, 3.8) is 0 Å². The first-order valence-corrected chi connectivity index (χ1v) is 6.28. The van der Waals surface area contributed by atoms with E-state index >= 15 is 0 Å². The highest BCUT2D eigenvalue weighted by Crippen LogP contribution is 2.33. The van der Waals surface area contributed by atoms with Crippen molar-refractivity contribution in [2.75, 3.05) is 19.0 Å². The molecule has 3 nitrogen and oxygen atoms in total. The van der Waals surface area contributed by atoms with Gasteiger partial charge in [-0.3, -0.25) is 0 Å². The second kappa shape index (κ2) is 5.97. The number of nitrogens with one attached hydrogen (secondary N) is 1. The summed E-state index contributed by atoms with van der Waals surface area (Å²) in [6.45, 7) is 4.16. The maximum absolute atomic E-state index is 12.8. The molecule has 0 aromatic heterocycles. The van der Waals surface area contributed by atoms with Crippen molar-refractivity contribution in [1.29, 1.82) is 0 Å². The van der Waals surface area contributed by atoms with Gasteiger partial charge in [0.2, 0.25) is 0 Å². The van der Waals surface area contributed by atoms with E-state index in [1.165, 1.54) is 12.1 Å². The van der Waals surface area contributed by atoms with Gasteiger partial charge in [-0.15, -0.1) is 0 Å². The van der Waals surface area contributed by atoms with Crippen molar-refractivity contribution < 1.29 is 17.9 Å². The van der Waals surface area contributed by atoms with Gasteiger partial charge in [-0.1, -0.05) is 12.2 Å². The van der Waals surface area contributed by atoms with E-state index in [0.29, 0.717) is 12.2 Å². The average Bonchev–Trinajstić information content (AvgIpc) is 2.35. The molecular formula is C13H17F3N2OS. The number of ether oxygens (including phenoxy) is 1. The van der Waals surface area contributed by atoms with Crippen LogP contribution in [0.5, 0.6) is 0 Å². The number of anilines is 1. The third-order valence-electron chi connectivity index (χ3n) is 2.86. The summed E-state index contributed by atoms with van der Waals surface area (Å²) in [5.41, 5.74) is 4.42. The van der Waals surface area contributed by atoms with Crippen LogP contribution in [-0.4, -0.2) is 24.2 Å². The SMILES string of the molecule is COC(C)(C)CNc1ccc(C(F)(F)F)c(C(N)=S)c1. The zero-order valence-electron chi connectivity index (χ0n) is 11.5. The van der Waals surface area contributed by atoms with Gasteiger partial charge in [0.1, 0.15) is 4.99 Å². The van der Waals surface area contributed by atoms with Crippen LogP contribution in [0.2, 0.25) is 0 Å². The number of hydrogen-bond donors (Lipinski definition) is 2. The number of hydrogen-bond acceptors (Lipinski definition) is 3. The lowest BCUT2D eigenvalue weighted by Gasteiger charge is -2.24. The van der Waals surface area contributed by atoms with Crippen LogP contribution in [0.15, 0.2) is 18.2 Å². The number of halogens is 3. The first-order chi connectivity index (χ1) is 9.07. The molecule has 0 aliphatic heterocycles. The molecule has 0 atom stereocenters. The second-order valence-corrected chi connectivity index (χ2v) is 5.38. The molecule has 3 N–H and O–H groups in total. The van der Waals surface area contributed by atoms with Gasteiger partial charge >= 0.3 is 6.18 Å². The van der Waals surface area contributed by atoms with Crippen molar-refractivity contribution >= 4 is 22.9 Å². The molecule has 0 aliphatic rings. The van der Waals surface area contributed by atoms with Gasteiger partial charge < -0.3 is 15.8 Å². The average molecular weight is 306 g/mol. The van der Waals surface area contributed by atoms with E-state index in [9.17, 15) is 13.2 Å². The third kappa shape index (κ3) is 4.35. The van der Waals surface area contributed by atoms with Gasteiger partial charge in [0.05, 0.1) is 11.2 Å². The zero-order valence-corrected chi connectivity index (χ0v) is 12.3. The number of benzene rings is 1. The molecule has 0 unspecified atom stereocenters. The van der Waals surface area contributed by atoms with Crippen LogP contribution in [0.3, 0.4) is 0 Å². The molecule has 0 spiro atoms. The minimum Gasteiger partial charge on any atom is -0.389 e. The van der Waals surface area contributed by atoms with Crippen molar-refractivity contribution in [2.45, 2.75) is 25.6 Å². The Morgan fingerprint density at radius 1 is 1.35 bits per heavy atom. The minimum absolute atomic E-state index is 0.187. The highest BCUT2D eigenvalue weighted by molar-refractivity contribution is 7.80. The minimum atomic E-state index is -4.48. The van der Waals surface area contributed by atoms with Crippen LogP contribution in [0.1, 0.15) is 25.0 Å². The summed E-state index contributed by atoms with van der Waals surface area (Å²) >= 11 is 4.68. The Morgan fingerprint density at radius 2 is 1.95 bits per heavy atom. The number of methoxy groups -OCH3 is 1. The van der Waals surface area contributed by atoms with E-state index in [-0.39, 0.29) is 10.6 Å². The first kappa shape index (κ1) is 16.7. The van der Waals surface area contributed by atoms with E-state index in [0.717, 1.165) is 6.07 Å². The third-order valence-corrected chi connectivity index (χ3v) is 3.08. The largest absolute Gasteiger partial charge is 0.417 e.